The molecule has 0 aromatic heterocycles. The Hall–Kier alpha value is -1.11. The molecule has 1 aliphatic heterocycles. The van der Waals surface area contributed by atoms with Crippen LogP contribution in [0.4, 0.5) is 0 Å². The molecule has 1 aromatic rings. The van der Waals surface area contributed by atoms with E-state index in [4.69, 9.17) is 16.7 Å². The first kappa shape index (κ1) is 16.3. The third-order valence-corrected chi connectivity index (χ3v) is 6.12. The number of hydrogen-bond donors (Lipinski definition) is 1. The van der Waals surface area contributed by atoms with Gasteiger partial charge in [0, 0.05) is 19.5 Å². The molecule has 0 amide bonds. The van der Waals surface area contributed by atoms with Crippen molar-refractivity contribution in [3.8, 4) is 0 Å². The van der Waals surface area contributed by atoms with Crippen LogP contribution in [-0.2, 0) is 14.8 Å². The standard InChI is InChI=1S/C14H18ClNO4S/c1-10-2-3-13(12(15)8-10)21(19,20)16-6-4-11(5-7-16)9-14(17)18/h2-3,8,11H,4-7,9H2,1H3,(H,17,18). The summed E-state index contributed by atoms with van der Waals surface area (Å²) in [6.45, 7) is 2.52. The first-order valence-electron chi connectivity index (χ1n) is 6.79. The zero-order valence-electron chi connectivity index (χ0n) is 11.8. The van der Waals surface area contributed by atoms with Crippen LogP contribution in [0.25, 0.3) is 0 Å². The zero-order chi connectivity index (χ0) is 15.6. The first-order chi connectivity index (χ1) is 9.80. The van der Waals surface area contributed by atoms with Crippen LogP contribution in [-0.4, -0.2) is 36.9 Å². The Morgan fingerprint density at radius 3 is 2.52 bits per heavy atom. The molecule has 21 heavy (non-hydrogen) atoms. The number of benzene rings is 1. The van der Waals surface area contributed by atoms with Gasteiger partial charge in [0.25, 0.3) is 0 Å². The molecule has 1 heterocycles. The predicted molar refractivity (Wildman–Crippen MR) is 79.9 cm³/mol. The van der Waals surface area contributed by atoms with Crippen LogP contribution >= 0.6 is 11.6 Å². The highest BCUT2D eigenvalue weighted by atomic mass is 35.5. The second kappa shape index (κ2) is 6.34. The molecule has 0 atom stereocenters. The van der Waals surface area contributed by atoms with E-state index in [1.807, 2.05) is 6.92 Å². The fourth-order valence-corrected chi connectivity index (χ4v) is 4.60. The van der Waals surface area contributed by atoms with Gasteiger partial charge < -0.3 is 5.11 Å². The van der Waals surface area contributed by atoms with Crippen molar-refractivity contribution in [2.45, 2.75) is 31.1 Å². The summed E-state index contributed by atoms with van der Waals surface area (Å²) in [5.74, 6) is -0.791. The zero-order valence-corrected chi connectivity index (χ0v) is 13.3. The third-order valence-electron chi connectivity index (χ3n) is 3.74. The number of carbonyl (C=O) groups is 1. The number of piperidine rings is 1. The number of hydrogen-bond acceptors (Lipinski definition) is 3. The topological polar surface area (TPSA) is 74.7 Å². The molecule has 7 heteroatoms. The minimum absolute atomic E-state index is 0.0439. The van der Waals surface area contributed by atoms with Gasteiger partial charge in [0.1, 0.15) is 4.90 Å². The fourth-order valence-electron chi connectivity index (χ4n) is 2.55. The Kier molecular flexibility index (Phi) is 4.91. The number of aliphatic carboxylic acids is 1. The minimum Gasteiger partial charge on any atom is -0.481 e. The molecule has 0 radical (unpaired) electrons. The van der Waals surface area contributed by atoms with Crippen molar-refractivity contribution in [2.75, 3.05) is 13.1 Å². The number of nitrogens with zero attached hydrogens (tertiary/aromatic N) is 1. The van der Waals surface area contributed by atoms with E-state index in [-0.39, 0.29) is 22.3 Å². The van der Waals surface area contributed by atoms with Crippen LogP contribution in [0.3, 0.4) is 0 Å². The van der Waals surface area contributed by atoms with Gasteiger partial charge in [-0.1, -0.05) is 17.7 Å². The summed E-state index contributed by atoms with van der Waals surface area (Å²) in [5.41, 5.74) is 0.902. The molecule has 1 fully saturated rings. The van der Waals surface area contributed by atoms with Crippen LogP contribution < -0.4 is 0 Å². The molecule has 1 aliphatic rings. The Bertz CT molecular complexity index is 636. The SMILES string of the molecule is Cc1ccc(S(=O)(=O)N2CCC(CC(=O)O)CC2)c(Cl)c1. The van der Waals surface area contributed by atoms with Crippen LogP contribution in [0, 0.1) is 12.8 Å². The molecule has 0 saturated carbocycles. The Labute approximate surface area is 129 Å². The van der Waals surface area contributed by atoms with Gasteiger partial charge in [0.05, 0.1) is 5.02 Å². The van der Waals surface area contributed by atoms with Crippen molar-refractivity contribution in [2.24, 2.45) is 5.92 Å². The molecule has 0 spiro atoms. The number of halogens is 1. The minimum atomic E-state index is -3.61. The summed E-state index contributed by atoms with van der Waals surface area (Å²) in [4.78, 5) is 10.8. The highest BCUT2D eigenvalue weighted by Gasteiger charge is 2.31. The number of sulfonamides is 1. The molecule has 1 saturated heterocycles. The number of carboxylic acid groups (broad SMARTS) is 1. The molecule has 0 aliphatic carbocycles. The van der Waals surface area contributed by atoms with E-state index in [9.17, 15) is 13.2 Å². The second-order valence-electron chi connectivity index (χ2n) is 5.38. The summed E-state index contributed by atoms with van der Waals surface area (Å²) < 4.78 is 26.5. The van der Waals surface area contributed by atoms with E-state index in [0.717, 1.165) is 5.56 Å². The van der Waals surface area contributed by atoms with E-state index >= 15 is 0 Å². The molecule has 1 N–H and O–H groups in total. The van der Waals surface area contributed by atoms with E-state index in [2.05, 4.69) is 0 Å². The smallest absolute Gasteiger partial charge is 0.303 e. The monoisotopic (exact) mass is 331 g/mol. The summed E-state index contributed by atoms with van der Waals surface area (Å²) in [7, 11) is -3.61. The summed E-state index contributed by atoms with van der Waals surface area (Å²) in [5, 5.41) is 9.01. The lowest BCUT2D eigenvalue weighted by Gasteiger charge is -2.30. The highest BCUT2D eigenvalue weighted by Crippen LogP contribution is 2.29. The van der Waals surface area contributed by atoms with Crippen molar-refractivity contribution in [1.82, 2.24) is 4.31 Å². The molecular weight excluding hydrogens is 314 g/mol. The van der Waals surface area contributed by atoms with Crippen molar-refractivity contribution in [3.63, 3.8) is 0 Å². The van der Waals surface area contributed by atoms with E-state index in [1.54, 1.807) is 12.1 Å². The highest BCUT2D eigenvalue weighted by molar-refractivity contribution is 7.89. The van der Waals surface area contributed by atoms with E-state index in [0.29, 0.717) is 25.9 Å². The van der Waals surface area contributed by atoms with Gasteiger partial charge in [0.2, 0.25) is 10.0 Å². The van der Waals surface area contributed by atoms with Gasteiger partial charge in [-0.05, 0) is 43.4 Å². The molecule has 2 rings (SSSR count). The van der Waals surface area contributed by atoms with E-state index < -0.39 is 16.0 Å². The molecular formula is C14H18ClNO4S. The van der Waals surface area contributed by atoms with Gasteiger partial charge in [-0.25, -0.2) is 8.42 Å². The van der Waals surface area contributed by atoms with Crippen molar-refractivity contribution < 1.29 is 18.3 Å². The summed E-state index contributed by atoms with van der Waals surface area (Å²) in [6.07, 6.45) is 1.23. The fraction of sp³-hybridized carbons (Fsp3) is 0.500. The Morgan fingerprint density at radius 2 is 2.00 bits per heavy atom. The van der Waals surface area contributed by atoms with Crippen LogP contribution in [0.15, 0.2) is 23.1 Å². The molecule has 5 nitrogen and oxygen atoms in total. The van der Waals surface area contributed by atoms with Crippen LogP contribution in [0.2, 0.25) is 5.02 Å². The van der Waals surface area contributed by atoms with Crippen LogP contribution in [0.5, 0.6) is 0 Å². The maximum Gasteiger partial charge on any atom is 0.303 e. The lowest BCUT2D eigenvalue weighted by atomic mass is 9.95. The van der Waals surface area contributed by atoms with Gasteiger partial charge >= 0.3 is 5.97 Å². The first-order valence-corrected chi connectivity index (χ1v) is 8.60. The van der Waals surface area contributed by atoms with Gasteiger partial charge in [0.15, 0.2) is 0 Å². The number of aryl methyl sites for hydroxylation is 1. The van der Waals surface area contributed by atoms with Gasteiger partial charge in [-0.2, -0.15) is 4.31 Å². The maximum absolute atomic E-state index is 12.6. The summed E-state index contributed by atoms with van der Waals surface area (Å²) >= 11 is 6.05. The van der Waals surface area contributed by atoms with Gasteiger partial charge in [-0.15, -0.1) is 0 Å². The van der Waals surface area contributed by atoms with Crippen LogP contribution in [0.1, 0.15) is 24.8 Å². The quantitative estimate of drug-likeness (QED) is 0.920. The van der Waals surface area contributed by atoms with Crippen molar-refractivity contribution in [3.05, 3.63) is 28.8 Å². The number of rotatable bonds is 4. The largest absolute Gasteiger partial charge is 0.481 e. The third kappa shape index (κ3) is 3.75. The molecule has 1 aromatic carbocycles. The lowest BCUT2D eigenvalue weighted by Crippen LogP contribution is -2.39. The van der Waals surface area contributed by atoms with Crippen molar-refractivity contribution in [1.29, 1.82) is 0 Å². The van der Waals surface area contributed by atoms with Crippen molar-refractivity contribution >= 4 is 27.6 Å². The average molecular weight is 332 g/mol. The Balaban J connectivity index is 2.13. The molecule has 0 unspecified atom stereocenters. The normalized spacial score (nSPS) is 17.8. The second-order valence-corrected chi connectivity index (χ2v) is 7.69. The van der Waals surface area contributed by atoms with Gasteiger partial charge in [-0.3, -0.25) is 4.79 Å². The Morgan fingerprint density at radius 1 is 1.38 bits per heavy atom. The number of carboxylic acids is 1. The predicted octanol–water partition coefficient (Wildman–Crippen LogP) is 2.52. The molecule has 116 valence electrons. The van der Waals surface area contributed by atoms with E-state index in [1.165, 1.54) is 10.4 Å². The average Bonchev–Trinajstić information content (AvgIpc) is 2.38. The lowest BCUT2D eigenvalue weighted by molar-refractivity contribution is -0.138. The summed E-state index contributed by atoms with van der Waals surface area (Å²) in [6, 6.07) is 4.87. The maximum atomic E-state index is 12.6. The molecule has 0 bridgehead atoms.